The van der Waals surface area contributed by atoms with Crippen LogP contribution in [-0.4, -0.2) is 14.8 Å². The number of aromatic nitrogens is 3. The van der Waals surface area contributed by atoms with E-state index in [0.717, 1.165) is 16.6 Å². The first-order chi connectivity index (χ1) is 6.84. The Kier molecular flexibility index (Phi) is 1.97. The number of hydrogen-bond donors (Lipinski definition) is 1. The average Bonchev–Trinajstić information content (AvgIpc) is 2.66. The summed E-state index contributed by atoms with van der Waals surface area (Å²) < 4.78 is 2.97. The summed E-state index contributed by atoms with van der Waals surface area (Å²) >= 11 is 5.23. The molecular formula is C10H15N3S. The molecule has 3 saturated carbocycles. The first kappa shape index (κ1) is 8.65. The van der Waals surface area contributed by atoms with Gasteiger partial charge in [0.15, 0.2) is 4.77 Å². The van der Waals surface area contributed by atoms with E-state index in [9.17, 15) is 0 Å². The predicted molar refractivity (Wildman–Crippen MR) is 56.5 cm³/mol. The van der Waals surface area contributed by atoms with Gasteiger partial charge in [0.25, 0.3) is 0 Å². The highest BCUT2D eigenvalue weighted by atomic mass is 32.1. The Balaban J connectivity index is 1.93. The third-order valence-corrected chi connectivity index (χ3v) is 4.25. The molecule has 4 rings (SSSR count). The van der Waals surface area contributed by atoms with Crippen LogP contribution < -0.4 is 0 Å². The van der Waals surface area contributed by atoms with Crippen LogP contribution in [0.1, 0.15) is 38.1 Å². The van der Waals surface area contributed by atoms with E-state index in [2.05, 4.69) is 14.8 Å². The van der Waals surface area contributed by atoms with Gasteiger partial charge in [0, 0.05) is 6.04 Å². The number of nitrogens with one attached hydrogen (secondary N) is 1. The fraction of sp³-hybridized carbons (Fsp3) is 0.800. The van der Waals surface area contributed by atoms with Gasteiger partial charge in [0.2, 0.25) is 0 Å². The fourth-order valence-electron chi connectivity index (χ4n) is 3.18. The Labute approximate surface area is 88.5 Å². The smallest absolute Gasteiger partial charge is 0.195 e. The molecule has 0 radical (unpaired) electrons. The summed E-state index contributed by atoms with van der Waals surface area (Å²) in [6, 6.07) is 0.633. The molecule has 3 nitrogen and oxygen atoms in total. The molecule has 1 aromatic rings. The second-order valence-corrected chi connectivity index (χ2v) is 5.04. The quantitative estimate of drug-likeness (QED) is 0.721. The van der Waals surface area contributed by atoms with Crippen LogP contribution in [0.4, 0.5) is 0 Å². The number of fused-ring (bicyclic) bond motifs is 3. The van der Waals surface area contributed by atoms with Crippen LogP contribution >= 0.6 is 12.2 Å². The average molecular weight is 209 g/mol. The first-order valence-corrected chi connectivity index (χ1v) is 5.87. The number of aromatic amines is 1. The lowest BCUT2D eigenvalue weighted by atomic mass is 9.68. The van der Waals surface area contributed by atoms with E-state index in [1.54, 1.807) is 0 Å². The molecule has 14 heavy (non-hydrogen) atoms. The van der Waals surface area contributed by atoms with Crippen LogP contribution in [-0.2, 0) is 0 Å². The molecule has 0 amide bonds. The minimum atomic E-state index is 0.633. The van der Waals surface area contributed by atoms with E-state index in [4.69, 9.17) is 12.2 Å². The highest BCUT2D eigenvalue weighted by molar-refractivity contribution is 7.71. The molecule has 0 saturated heterocycles. The number of hydrogen-bond acceptors (Lipinski definition) is 2. The highest BCUT2D eigenvalue weighted by Crippen LogP contribution is 2.47. The van der Waals surface area contributed by atoms with Crippen molar-refractivity contribution in [3.63, 3.8) is 0 Å². The highest BCUT2D eigenvalue weighted by Gasteiger charge is 2.36. The van der Waals surface area contributed by atoms with Crippen LogP contribution in [0.3, 0.4) is 0 Å². The maximum Gasteiger partial charge on any atom is 0.195 e. The van der Waals surface area contributed by atoms with E-state index >= 15 is 0 Å². The summed E-state index contributed by atoms with van der Waals surface area (Å²) in [5.41, 5.74) is 0. The van der Waals surface area contributed by atoms with Gasteiger partial charge >= 0.3 is 0 Å². The Hall–Kier alpha value is -0.640. The molecule has 3 aliphatic rings. The van der Waals surface area contributed by atoms with E-state index in [1.165, 1.54) is 32.1 Å². The van der Waals surface area contributed by atoms with Gasteiger partial charge in [0.1, 0.15) is 6.33 Å². The van der Waals surface area contributed by atoms with Crippen LogP contribution in [0.2, 0.25) is 0 Å². The zero-order chi connectivity index (χ0) is 9.54. The fourth-order valence-corrected chi connectivity index (χ4v) is 3.41. The molecule has 3 fully saturated rings. The van der Waals surface area contributed by atoms with Crippen LogP contribution in [0.15, 0.2) is 6.33 Å². The third kappa shape index (κ3) is 1.24. The molecule has 0 spiro atoms. The van der Waals surface area contributed by atoms with E-state index < -0.39 is 0 Å². The van der Waals surface area contributed by atoms with Gasteiger partial charge in [0.05, 0.1) is 0 Å². The summed E-state index contributed by atoms with van der Waals surface area (Å²) in [6.07, 6.45) is 8.84. The lowest BCUT2D eigenvalue weighted by molar-refractivity contribution is 0.104. The number of rotatable bonds is 1. The van der Waals surface area contributed by atoms with Gasteiger partial charge < -0.3 is 4.57 Å². The van der Waals surface area contributed by atoms with Crippen molar-refractivity contribution in [3.05, 3.63) is 11.1 Å². The van der Waals surface area contributed by atoms with E-state index in [-0.39, 0.29) is 0 Å². The second-order valence-electron chi connectivity index (χ2n) is 4.65. The molecule has 1 unspecified atom stereocenters. The van der Waals surface area contributed by atoms with Gasteiger partial charge in [-0.25, -0.2) is 0 Å². The Morgan fingerprint density at radius 1 is 1.36 bits per heavy atom. The molecule has 0 aliphatic heterocycles. The molecule has 1 heterocycles. The van der Waals surface area contributed by atoms with Crippen molar-refractivity contribution in [3.8, 4) is 0 Å². The lowest BCUT2D eigenvalue weighted by Crippen LogP contribution is -2.32. The predicted octanol–water partition coefficient (Wildman–Crippen LogP) is 2.69. The number of nitrogens with zero attached hydrogens (tertiary/aromatic N) is 2. The molecule has 4 heteroatoms. The SMILES string of the molecule is S=c1[nH]ncn1C1CC2CCC1CC2. The van der Waals surface area contributed by atoms with Crippen molar-refractivity contribution in [1.82, 2.24) is 14.8 Å². The van der Waals surface area contributed by atoms with E-state index in [1.807, 2.05) is 6.33 Å². The molecular weight excluding hydrogens is 194 g/mol. The van der Waals surface area contributed by atoms with E-state index in [0.29, 0.717) is 6.04 Å². The second kappa shape index (κ2) is 3.19. The van der Waals surface area contributed by atoms with Crippen molar-refractivity contribution >= 4 is 12.2 Å². The molecule has 1 N–H and O–H groups in total. The Bertz CT molecular complexity index is 373. The van der Waals surface area contributed by atoms with Crippen molar-refractivity contribution < 1.29 is 0 Å². The topological polar surface area (TPSA) is 33.6 Å². The lowest BCUT2D eigenvalue weighted by Gasteiger charge is -2.42. The summed E-state index contributed by atoms with van der Waals surface area (Å²) in [5, 5.41) is 6.87. The van der Waals surface area contributed by atoms with Gasteiger partial charge in [-0.1, -0.05) is 12.8 Å². The molecule has 76 valence electrons. The zero-order valence-corrected chi connectivity index (χ0v) is 8.96. The normalized spacial score (nSPS) is 36.1. The van der Waals surface area contributed by atoms with Crippen molar-refractivity contribution in [1.29, 1.82) is 0 Å². The standard InChI is InChI=1S/C10H15N3S/c14-10-12-11-6-13(10)9-5-7-1-3-8(9)4-2-7/h6-9H,1-5H2,(H,12,14). The van der Waals surface area contributed by atoms with Crippen LogP contribution in [0.25, 0.3) is 0 Å². The first-order valence-electron chi connectivity index (χ1n) is 5.46. The van der Waals surface area contributed by atoms with Crippen molar-refractivity contribution in [2.75, 3.05) is 0 Å². The molecule has 1 aromatic heterocycles. The molecule has 3 aliphatic carbocycles. The van der Waals surface area contributed by atoms with Crippen molar-refractivity contribution in [2.24, 2.45) is 11.8 Å². The third-order valence-electron chi connectivity index (χ3n) is 3.94. The summed E-state index contributed by atoms with van der Waals surface area (Å²) in [4.78, 5) is 0. The molecule has 2 bridgehead atoms. The Morgan fingerprint density at radius 3 is 2.64 bits per heavy atom. The van der Waals surface area contributed by atoms with Gasteiger partial charge in [-0.15, -0.1) is 0 Å². The maximum absolute atomic E-state index is 5.23. The monoisotopic (exact) mass is 209 g/mol. The summed E-state index contributed by atoms with van der Waals surface area (Å²) in [6.45, 7) is 0. The zero-order valence-electron chi connectivity index (χ0n) is 8.15. The minimum absolute atomic E-state index is 0.633. The summed E-state index contributed by atoms with van der Waals surface area (Å²) in [7, 11) is 0. The number of H-pyrrole nitrogens is 1. The molecule has 1 atom stereocenters. The van der Waals surface area contributed by atoms with Crippen molar-refractivity contribution in [2.45, 2.75) is 38.1 Å². The van der Waals surface area contributed by atoms with Crippen LogP contribution in [0.5, 0.6) is 0 Å². The van der Waals surface area contributed by atoms with Crippen LogP contribution in [0, 0.1) is 16.6 Å². The minimum Gasteiger partial charge on any atom is -0.303 e. The molecule has 0 aromatic carbocycles. The largest absolute Gasteiger partial charge is 0.303 e. The Morgan fingerprint density at radius 2 is 2.14 bits per heavy atom. The maximum atomic E-state index is 5.23. The van der Waals surface area contributed by atoms with Gasteiger partial charge in [-0.2, -0.15) is 5.10 Å². The van der Waals surface area contributed by atoms with Gasteiger partial charge in [-0.05, 0) is 43.3 Å². The summed E-state index contributed by atoms with van der Waals surface area (Å²) in [5.74, 6) is 1.80. The van der Waals surface area contributed by atoms with Gasteiger partial charge in [-0.3, -0.25) is 5.10 Å².